The van der Waals surface area contributed by atoms with Gasteiger partial charge in [0.2, 0.25) is 0 Å². The van der Waals surface area contributed by atoms with Gasteiger partial charge in [0, 0.05) is 12.1 Å². The van der Waals surface area contributed by atoms with Gasteiger partial charge in [0.25, 0.3) is 0 Å². The standard InChI is InChI=1S/C6H13N2/c1-6(2)3-4-7-5-8-6/h8H,3-5H2,1-2H3. The first-order chi connectivity index (χ1) is 3.71. The van der Waals surface area contributed by atoms with Gasteiger partial charge in [-0.25, -0.2) is 5.32 Å². The van der Waals surface area contributed by atoms with Crippen LogP contribution in [-0.2, 0) is 0 Å². The van der Waals surface area contributed by atoms with Crippen LogP contribution in [0.15, 0.2) is 0 Å². The molecule has 0 aromatic carbocycles. The van der Waals surface area contributed by atoms with Crippen molar-refractivity contribution in [1.29, 1.82) is 0 Å². The fourth-order valence-corrected chi connectivity index (χ4v) is 0.796. The third-order valence-electron chi connectivity index (χ3n) is 1.56. The van der Waals surface area contributed by atoms with E-state index in [4.69, 9.17) is 0 Å². The number of nitrogens with zero attached hydrogens (tertiary/aromatic N) is 1. The van der Waals surface area contributed by atoms with Crippen molar-refractivity contribution in [3.8, 4) is 0 Å². The van der Waals surface area contributed by atoms with Crippen LogP contribution >= 0.6 is 0 Å². The van der Waals surface area contributed by atoms with Gasteiger partial charge in [0.05, 0.1) is 6.67 Å². The van der Waals surface area contributed by atoms with Gasteiger partial charge >= 0.3 is 0 Å². The zero-order valence-corrected chi connectivity index (χ0v) is 5.57. The summed E-state index contributed by atoms with van der Waals surface area (Å²) in [6, 6.07) is 0. The summed E-state index contributed by atoms with van der Waals surface area (Å²) in [5, 5.41) is 7.45. The Morgan fingerprint density at radius 3 is 2.50 bits per heavy atom. The Labute approximate surface area is 50.7 Å². The molecule has 1 fully saturated rings. The van der Waals surface area contributed by atoms with Gasteiger partial charge in [-0.15, -0.1) is 0 Å². The summed E-state index contributed by atoms with van der Waals surface area (Å²) in [4.78, 5) is 0. The Morgan fingerprint density at radius 1 is 1.50 bits per heavy atom. The lowest BCUT2D eigenvalue weighted by atomic mass is 10.00. The second kappa shape index (κ2) is 2.03. The predicted octanol–water partition coefficient (Wildman–Crippen LogP) is 0.320. The summed E-state index contributed by atoms with van der Waals surface area (Å²) in [5.41, 5.74) is 0.335. The van der Waals surface area contributed by atoms with Crippen LogP contribution in [0, 0.1) is 0 Å². The van der Waals surface area contributed by atoms with Gasteiger partial charge in [0.1, 0.15) is 0 Å². The Bertz CT molecular complexity index is 70.6. The Balaban J connectivity index is 2.33. The minimum atomic E-state index is 0.335. The topological polar surface area (TPSA) is 26.1 Å². The lowest BCUT2D eigenvalue weighted by Gasteiger charge is -2.30. The van der Waals surface area contributed by atoms with Gasteiger partial charge in [-0.2, -0.15) is 0 Å². The molecule has 0 bridgehead atoms. The van der Waals surface area contributed by atoms with E-state index in [0.717, 1.165) is 13.2 Å². The van der Waals surface area contributed by atoms with Crippen molar-refractivity contribution >= 4 is 0 Å². The third kappa shape index (κ3) is 1.46. The van der Waals surface area contributed by atoms with Crippen molar-refractivity contribution in [1.82, 2.24) is 10.6 Å². The predicted molar refractivity (Wildman–Crippen MR) is 33.7 cm³/mol. The van der Waals surface area contributed by atoms with Gasteiger partial charge < -0.3 is 0 Å². The van der Waals surface area contributed by atoms with E-state index in [1.165, 1.54) is 6.42 Å². The van der Waals surface area contributed by atoms with Crippen LogP contribution in [0.25, 0.3) is 0 Å². The van der Waals surface area contributed by atoms with Crippen LogP contribution in [0.4, 0.5) is 0 Å². The summed E-state index contributed by atoms with van der Waals surface area (Å²) in [6.45, 7) is 6.29. The first-order valence-electron chi connectivity index (χ1n) is 3.09. The van der Waals surface area contributed by atoms with Crippen LogP contribution in [0.1, 0.15) is 20.3 Å². The zero-order chi connectivity index (χ0) is 6.04. The minimum Gasteiger partial charge on any atom is -0.298 e. The van der Waals surface area contributed by atoms with Gasteiger partial charge in [-0.05, 0) is 20.3 Å². The van der Waals surface area contributed by atoms with Crippen molar-refractivity contribution in [2.24, 2.45) is 0 Å². The normalized spacial score (nSPS) is 27.8. The summed E-state index contributed by atoms with van der Waals surface area (Å²) in [6.07, 6.45) is 1.17. The first-order valence-corrected chi connectivity index (χ1v) is 3.09. The van der Waals surface area contributed by atoms with Crippen molar-refractivity contribution in [2.45, 2.75) is 25.8 Å². The van der Waals surface area contributed by atoms with Crippen molar-refractivity contribution < 1.29 is 0 Å². The number of nitrogens with one attached hydrogen (secondary N) is 1. The molecule has 1 radical (unpaired) electrons. The molecule has 1 aliphatic rings. The molecule has 0 spiro atoms. The summed E-state index contributed by atoms with van der Waals surface area (Å²) in [5.74, 6) is 0. The second-order valence-corrected chi connectivity index (χ2v) is 2.92. The average molecular weight is 113 g/mol. The molecular formula is C6H13N2. The van der Waals surface area contributed by atoms with Crippen molar-refractivity contribution in [3.63, 3.8) is 0 Å². The maximum Gasteiger partial charge on any atom is 0.0627 e. The molecule has 1 rings (SSSR count). The molecule has 2 nitrogen and oxygen atoms in total. The maximum atomic E-state index is 4.16. The van der Waals surface area contributed by atoms with Gasteiger partial charge in [-0.1, -0.05) is 0 Å². The fraction of sp³-hybridized carbons (Fsp3) is 1.00. The largest absolute Gasteiger partial charge is 0.298 e. The Morgan fingerprint density at radius 2 is 2.25 bits per heavy atom. The van der Waals surface area contributed by atoms with Crippen LogP contribution in [0.2, 0.25) is 0 Å². The molecular weight excluding hydrogens is 100 g/mol. The molecule has 0 atom stereocenters. The van der Waals surface area contributed by atoms with Gasteiger partial charge in [-0.3, -0.25) is 5.32 Å². The molecule has 0 saturated carbocycles. The minimum absolute atomic E-state index is 0.335. The first kappa shape index (κ1) is 6.05. The quantitative estimate of drug-likeness (QED) is 0.481. The van der Waals surface area contributed by atoms with Crippen LogP contribution in [0.5, 0.6) is 0 Å². The second-order valence-electron chi connectivity index (χ2n) is 2.92. The highest BCUT2D eigenvalue weighted by Gasteiger charge is 2.19. The van der Waals surface area contributed by atoms with E-state index < -0.39 is 0 Å². The third-order valence-corrected chi connectivity index (χ3v) is 1.56. The molecule has 8 heavy (non-hydrogen) atoms. The smallest absolute Gasteiger partial charge is 0.0627 e. The summed E-state index contributed by atoms with van der Waals surface area (Å²) >= 11 is 0. The van der Waals surface area contributed by atoms with E-state index in [2.05, 4.69) is 24.5 Å². The van der Waals surface area contributed by atoms with Crippen LogP contribution in [0.3, 0.4) is 0 Å². The molecule has 1 aliphatic heterocycles. The van der Waals surface area contributed by atoms with E-state index in [0.29, 0.717) is 5.54 Å². The van der Waals surface area contributed by atoms with E-state index in [-0.39, 0.29) is 0 Å². The molecule has 1 N–H and O–H groups in total. The van der Waals surface area contributed by atoms with E-state index in [9.17, 15) is 0 Å². The average Bonchev–Trinajstić information content (AvgIpc) is 1.65. The Hall–Kier alpha value is -0.0800. The molecule has 0 aromatic rings. The Kier molecular flexibility index (Phi) is 1.54. The fourth-order valence-electron chi connectivity index (χ4n) is 0.796. The lowest BCUT2D eigenvalue weighted by molar-refractivity contribution is 0.293. The van der Waals surface area contributed by atoms with E-state index >= 15 is 0 Å². The number of hydrogen-bond acceptors (Lipinski definition) is 1. The van der Waals surface area contributed by atoms with E-state index in [1.54, 1.807) is 0 Å². The van der Waals surface area contributed by atoms with Crippen LogP contribution < -0.4 is 10.6 Å². The molecule has 0 aliphatic carbocycles. The molecule has 0 unspecified atom stereocenters. The molecule has 1 saturated heterocycles. The van der Waals surface area contributed by atoms with Crippen molar-refractivity contribution in [3.05, 3.63) is 0 Å². The SMILES string of the molecule is CC1(C)CC[N]CN1. The molecule has 2 heteroatoms. The monoisotopic (exact) mass is 113 g/mol. The highest BCUT2D eigenvalue weighted by atomic mass is 15.1. The number of rotatable bonds is 0. The van der Waals surface area contributed by atoms with Crippen molar-refractivity contribution in [2.75, 3.05) is 13.2 Å². The highest BCUT2D eigenvalue weighted by molar-refractivity contribution is 4.80. The molecule has 0 amide bonds. The lowest BCUT2D eigenvalue weighted by Crippen LogP contribution is -2.48. The highest BCUT2D eigenvalue weighted by Crippen LogP contribution is 2.08. The number of hydrogen-bond donors (Lipinski definition) is 1. The van der Waals surface area contributed by atoms with E-state index in [1.807, 2.05) is 0 Å². The zero-order valence-electron chi connectivity index (χ0n) is 5.57. The molecule has 0 aromatic heterocycles. The van der Waals surface area contributed by atoms with Crippen LogP contribution in [-0.4, -0.2) is 18.8 Å². The molecule has 47 valence electrons. The summed E-state index contributed by atoms with van der Waals surface area (Å²) < 4.78 is 0. The summed E-state index contributed by atoms with van der Waals surface area (Å²) in [7, 11) is 0. The molecule has 1 heterocycles. The van der Waals surface area contributed by atoms with Gasteiger partial charge in [0.15, 0.2) is 0 Å². The maximum absolute atomic E-state index is 4.16.